The molecule has 1 N–H and O–H groups in total. The number of H-pyrrole nitrogens is 1. The van der Waals surface area contributed by atoms with Crippen LogP contribution in [-0.4, -0.2) is 23.3 Å². The van der Waals surface area contributed by atoms with Gasteiger partial charge in [0.2, 0.25) is 0 Å². The second kappa shape index (κ2) is 3.88. The van der Waals surface area contributed by atoms with Gasteiger partial charge < -0.3 is 4.74 Å². The number of aryl methyl sites for hydroxylation is 1. The molecule has 1 aromatic heterocycles. The summed E-state index contributed by atoms with van der Waals surface area (Å²) in [5.41, 5.74) is 1.84. The van der Waals surface area contributed by atoms with Crippen molar-refractivity contribution < 1.29 is 9.53 Å². The molecule has 0 aromatic carbocycles. The van der Waals surface area contributed by atoms with E-state index in [1.165, 1.54) is 7.11 Å². The molecule has 0 aliphatic carbocycles. The van der Waals surface area contributed by atoms with Crippen molar-refractivity contribution in [3.63, 3.8) is 0 Å². The molecule has 0 bridgehead atoms. The lowest BCUT2D eigenvalue weighted by atomic mass is 10.2. The van der Waals surface area contributed by atoms with E-state index in [0.29, 0.717) is 0 Å². The van der Waals surface area contributed by atoms with Crippen LogP contribution in [0.2, 0.25) is 0 Å². The van der Waals surface area contributed by atoms with E-state index in [9.17, 15) is 4.79 Å². The Morgan fingerprint density at radius 2 is 2.42 bits per heavy atom. The fraction of sp³-hybridized carbons (Fsp3) is 0.429. The third-order valence-electron chi connectivity index (χ3n) is 1.57. The number of carbonyl (C=O) groups excluding carboxylic acids is 1. The van der Waals surface area contributed by atoms with Crippen LogP contribution in [0.15, 0.2) is 0 Å². The number of ether oxygens (including phenoxy) is 1. The molecular formula is C7H9IN2O2. The van der Waals surface area contributed by atoms with Gasteiger partial charge >= 0.3 is 5.97 Å². The number of carbonyl (C=O) groups is 1. The number of esters is 1. The molecule has 0 aliphatic rings. The maximum atomic E-state index is 10.9. The van der Waals surface area contributed by atoms with Crippen molar-refractivity contribution in [3.05, 3.63) is 15.0 Å². The molecule has 12 heavy (non-hydrogen) atoms. The zero-order valence-corrected chi connectivity index (χ0v) is 9.01. The van der Waals surface area contributed by atoms with Crippen LogP contribution >= 0.6 is 22.6 Å². The molecule has 1 heterocycles. The predicted octanol–water partition coefficient (Wildman–Crippen LogP) is 1.04. The fourth-order valence-corrected chi connectivity index (χ4v) is 1.56. The van der Waals surface area contributed by atoms with E-state index in [0.717, 1.165) is 15.0 Å². The molecule has 0 saturated heterocycles. The number of aromatic nitrogens is 2. The average Bonchev–Trinajstić information content (AvgIpc) is 2.35. The van der Waals surface area contributed by atoms with Crippen molar-refractivity contribution in [2.45, 2.75) is 13.3 Å². The lowest BCUT2D eigenvalue weighted by Gasteiger charge is -1.97. The first-order chi connectivity index (χ1) is 5.65. The van der Waals surface area contributed by atoms with E-state index < -0.39 is 0 Å². The van der Waals surface area contributed by atoms with E-state index >= 15 is 0 Å². The molecule has 66 valence electrons. The van der Waals surface area contributed by atoms with Gasteiger partial charge in [-0.15, -0.1) is 0 Å². The number of halogens is 1. The van der Waals surface area contributed by atoms with E-state index in [4.69, 9.17) is 0 Å². The first-order valence-corrected chi connectivity index (χ1v) is 4.49. The Labute approximate surface area is 83.8 Å². The van der Waals surface area contributed by atoms with Crippen LogP contribution in [0.25, 0.3) is 0 Å². The van der Waals surface area contributed by atoms with Gasteiger partial charge in [-0.3, -0.25) is 9.89 Å². The molecule has 4 nitrogen and oxygen atoms in total. The number of nitrogens with one attached hydrogen (secondary N) is 1. The molecule has 0 radical (unpaired) electrons. The summed E-state index contributed by atoms with van der Waals surface area (Å²) in [6.07, 6.45) is 0.289. The second-order valence-electron chi connectivity index (χ2n) is 2.37. The number of aromatic amines is 1. The standard InChI is InChI=1S/C7H9IN2O2/c1-4-5(3-6(11)12-2)7(8)10-9-4/h3H2,1-2H3,(H,9,10). The minimum absolute atomic E-state index is 0.239. The summed E-state index contributed by atoms with van der Waals surface area (Å²) in [6, 6.07) is 0. The van der Waals surface area contributed by atoms with Crippen molar-refractivity contribution in [1.29, 1.82) is 0 Å². The molecule has 0 saturated carbocycles. The average molecular weight is 280 g/mol. The lowest BCUT2D eigenvalue weighted by Crippen LogP contribution is -2.05. The molecule has 0 spiro atoms. The first kappa shape index (κ1) is 9.50. The highest BCUT2D eigenvalue weighted by Crippen LogP contribution is 2.13. The molecule has 0 fully saturated rings. The van der Waals surface area contributed by atoms with Gasteiger partial charge in [0, 0.05) is 11.3 Å². The normalized spacial score (nSPS) is 9.92. The van der Waals surface area contributed by atoms with Crippen molar-refractivity contribution in [3.8, 4) is 0 Å². The lowest BCUT2D eigenvalue weighted by molar-refractivity contribution is -0.139. The van der Waals surface area contributed by atoms with Crippen LogP contribution < -0.4 is 0 Å². The second-order valence-corrected chi connectivity index (χ2v) is 3.39. The monoisotopic (exact) mass is 280 g/mol. The minimum atomic E-state index is -0.239. The molecule has 5 heteroatoms. The minimum Gasteiger partial charge on any atom is -0.469 e. The van der Waals surface area contributed by atoms with E-state index in [1.54, 1.807) is 0 Å². The summed E-state index contributed by atoms with van der Waals surface area (Å²) < 4.78 is 5.38. The highest BCUT2D eigenvalue weighted by atomic mass is 127. The Balaban J connectivity index is 2.80. The van der Waals surface area contributed by atoms with Gasteiger partial charge in [-0.2, -0.15) is 5.10 Å². The Hall–Kier alpha value is -0.590. The summed E-state index contributed by atoms with van der Waals surface area (Å²) in [6.45, 7) is 1.88. The predicted molar refractivity (Wildman–Crippen MR) is 51.8 cm³/mol. The van der Waals surface area contributed by atoms with Gasteiger partial charge in [0.25, 0.3) is 0 Å². The van der Waals surface area contributed by atoms with Crippen LogP contribution in [-0.2, 0) is 16.0 Å². The Kier molecular flexibility index (Phi) is 3.07. The molecule has 1 aromatic rings. The van der Waals surface area contributed by atoms with Crippen molar-refractivity contribution in [2.75, 3.05) is 7.11 Å². The number of nitrogens with zero attached hydrogens (tertiary/aromatic N) is 1. The fourth-order valence-electron chi connectivity index (χ4n) is 0.845. The third kappa shape index (κ3) is 1.96. The number of hydrogen-bond donors (Lipinski definition) is 1. The van der Waals surface area contributed by atoms with Crippen LogP contribution in [0, 0.1) is 10.6 Å². The topological polar surface area (TPSA) is 55.0 Å². The van der Waals surface area contributed by atoms with Gasteiger partial charge in [0.05, 0.1) is 13.5 Å². The summed E-state index contributed by atoms with van der Waals surface area (Å²) in [5.74, 6) is -0.239. The van der Waals surface area contributed by atoms with Crippen LogP contribution in [0.1, 0.15) is 11.3 Å². The van der Waals surface area contributed by atoms with Crippen LogP contribution in [0.3, 0.4) is 0 Å². The van der Waals surface area contributed by atoms with Crippen LogP contribution in [0.5, 0.6) is 0 Å². The SMILES string of the molecule is COC(=O)Cc1c(I)n[nH]c1C. The van der Waals surface area contributed by atoms with Gasteiger partial charge in [-0.25, -0.2) is 0 Å². The number of hydrogen-bond acceptors (Lipinski definition) is 3. The summed E-state index contributed by atoms with van der Waals surface area (Å²) in [5, 5.41) is 6.76. The summed E-state index contributed by atoms with van der Waals surface area (Å²) in [4.78, 5) is 10.9. The Bertz CT molecular complexity index is 276. The molecule has 0 amide bonds. The maximum absolute atomic E-state index is 10.9. The molecule has 0 aliphatic heterocycles. The number of methoxy groups -OCH3 is 1. The van der Waals surface area contributed by atoms with Gasteiger partial charge in [-0.1, -0.05) is 0 Å². The van der Waals surface area contributed by atoms with E-state index in [2.05, 4.69) is 37.5 Å². The summed E-state index contributed by atoms with van der Waals surface area (Å²) >= 11 is 2.08. The zero-order valence-electron chi connectivity index (χ0n) is 6.85. The first-order valence-electron chi connectivity index (χ1n) is 3.41. The van der Waals surface area contributed by atoms with Gasteiger partial charge in [0.1, 0.15) is 3.70 Å². The van der Waals surface area contributed by atoms with Crippen molar-refractivity contribution in [2.24, 2.45) is 0 Å². The Morgan fingerprint density at radius 1 is 1.75 bits per heavy atom. The molecular weight excluding hydrogens is 271 g/mol. The smallest absolute Gasteiger partial charge is 0.310 e. The van der Waals surface area contributed by atoms with Crippen LogP contribution in [0.4, 0.5) is 0 Å². The molecule has 0 atom stereocenters. The zero-order chi connectivity index (χ0) is 9.14. The van der Waals surface area contributed by atoms with E-state index in [1.807, 2.05) is 6.92 Å². The van der Waals surface area contributed by atoms with E-state index in [-0.39, 0.29) is 12.4 Å². The highest BCUT2D eigenvalue weighted by Gasteiger charge is 2.11. The maximum Gasteiger partial charge on any atom is 0.310 e. The highest BCUT2D eigenvalue weighted by molar-refractivity contribution is 14.1. The van der Waals surface area contributed by atoms with Crippen molar-refractivity contribution >= 4 is 28.6 Å². The molecule has 0 unspecified atom stereocenters. The summed E-state index contributed by atoms with van der Waals surface area (Å²) in [7, 11) is 1.38. The largest absolute Gasteiger partial charge is 0.469 e. The van der Waals surface area contributed by atoms with Gasteiger partial charge in [0.15, 0.2) is 0 Å². The quantitative estimate of drug-likeness (QED) is 0.650. The Morgan fingerprint density at radius 3 is 2.83 bits per heavy atom. The third-order valence-corrected chi connectivity index (χ3v) is 2.46. The molecule has 1 rings (SSSR count). The number of rotatable bonds is 2. The van der Waals surface area contributed by atoms with Gasteiger partial charge in [-0.05, 0) is 29.5 Å². The van der Waals surface area contributed by atoms with Crippen molar-refractivity contribution in [1.82, 2.24) is 10.2 Å².